The lowest BCUT2D eigenvalue weighted by Crippen LogP contribution is -2.36. The monoisotopic (exact) mass is 423 g/mol. The maximum Gasteiger partial charge on any atom is 0.0824 e. The SMILES string of the molecule is CC.CC(C)(O)COC1CCC2(CCC/C(=C\C=C3\CCCC(O)C3)C2)CC1.CN. The molecule has 1 spiro atoms. The molecule has 1 unspecified atom stereocenters. The van der Waals surface area contributed by atoms with E-state index in [0.29, 0.717) is 18.1 Å². The molecule has 3 rings (SSSR count). The van der Waals surface area contributed by atoms with E-state index >= 15 is 0 Å². The summed E-state index contributed by atoms with van der Waals surface area (Å²) in [6.07, 6.45) is 19.0. The van der Waals surface area contributed by atoms with E-state index in [2.05, 4.69) is 17.9 Å². The quantitative estimate of drug-likeness (QED) is 0.545. The Morgan fingerprint density at radius 3 is 2.20 bits per heavy atom. The van der Waals surface area contributed by atoms with E-state index in [9.17, 15) is 10.2 Å². The summed E-state index contributed by atoms with van der Waals surface area (Å²) < 4.78 is 5.95. The van der Waals surface area contributed by atoms with E-state index in [1.807, 2.05) is 27.7 Å². The van der Waals surface area contributed by atoms with Crippen LogP contribution >= 0.6 is 0 Å². The summed E-state index contributed by atoms with van der Waals surface area (Å²) in [6.45, 7) is 8.07. The lowest BCUT2D eigenvalue weighted by atomic mass is 9.63. The minimum absolute atomic E-state index is 0.120. The summed E-state index contributed by atoms with van der Waals surface area (Å²) in [7, 11) is 1.50. The molecule has 4 nitrogen and oxygen atoms in total. The van der Waals surface area contributed by atoms with Crippen molar-refractivity contribution >= 4 is 0 Å². The molecule has 3 aliphatic carbocycles. The second-order valence-corrected chi connectivity index (χ2v) is 9.75. The molecule has 0 amide bonds. The highest BCUT2D eigenvalue weighted by atomic mass is 16.5. The van der Waals surface area contributed by atoms with Gasteiger partial charge in [0.1, 0.15) is 0 Å². The molecule has 0 saturated heterocycles. The van der Waals surface area contributed by atoms with Gasteiger partial charge >= 0.3 is 0 Å². The van der Waals surface area contributed by atoms with E-state index in [1.165, 1.54) is 51.1 Å². The number of aliphatic hydroxyl groups excluding tert-OH is 1. The van der Waals surface area contributed by atoms with E-state index < -0.39 is 5.60 Å². The van der Waals surface area contributed by atoms with Gasteiger partial charge in [-0.15, -0.1) is 0 Å². The Morgan fingerprint density at radius 2 is 1.60 bits per heavy atom. The predicted octanol–water partition coefficient (Wildman–Crippen LogP) is 5.67. The molecule has 0 aromatic carbocycles. The van der Waals surface area contributed by atoms with Crippen LogP contribution in [0.2, 0.25) is 0 Å². The van der Waals surface area contributed by atoms with Crippen LogP contribution in [0.25, 0.3) is 0 Å². The van der Waals surface area contributed by atoms with Crippen LogP contribution in [0.3, 0.4) is 0 Å². The van der Waals surface area contributed by atoms with E-state index in [4.69, 9.17) is 4.74 Å². The third-order valence-corrected chi connectivity index (χ3v) is 6.56. The molecule has 4 N–H and O–H groups in total. The smallest absolute Gasteiger partial charge is 0.0824 e. The van der Waals surface area contributed by atoms with Crippen LogP contribution in [0.1, 0.15) is 105 Å². The molecule has 4 heteroatoms. The molecule has 176 valence electrons. The Bertz CT molecular complexity index is 525. The Hall–Kier alpha value is -0.680. The van der Waals surface area contributed by atoms with Crippen LogP contribution in [0, 0.1) is 5.41 Å². The van der Waals surface area contributed by atoms with E-state index in [0.717, 1.165) is 38.5 Å². The van der Waals surface area contributed by atoms with Gasteiger partial charge in [0.25, 0.3) is 0 Å². The van der Waals surface area contributed by atoms with Crippen molar-refractivity contribution in [3.05, 3.63) is 23.3 Å². The number of ether oxygens (including phenoxy) is 1. The van der Waals surface area contributed by atoms with Gasteiger partial charge in [-0.05, 0) is 103 Å². The lowest BCUT2D eigenvalue weighted by Gasteiger charge is -2.44. The molecule has 1 atom stereocenters. The number of hydrogen-bond donors (Lipinski definition) is 3. The van der Waals surface area contributed by atoms with Crippen molar-refractivity contribution < 1.29 is 14.9 Å². The predicted molar refractivity (Wildman–Crippen MR) is 128 cm³/mol. The summed E-state index contributed by atoms with van der Waals surface area (Å²) in [5.74, 6) is 0. The van der Waals surface area contributed by atoms with Gasteiger partial charge in [-0.25, -0.2) is 0 Å². The number of aliphatic hydroxyl groups is 2. The molecular weight excluding hydrogens is 374 g/mol. The van der Waals surface area contributed by atoms with Crippen molar-refractivity contribution in [3.8, 4) is 0 Å². The molecule has 3 saturated carbocycles. The first-order chi connectivity index (χ1) is 14.3. The molecular formula is C26H49NO3. The molecule has 3 fully saturated rings. The lowest BCUT2D eigenvalue weighted by molar-refractivity contribution is -0.0751. The van der Waals surface area contributed by atoms with Crippen LogP contribution in [-0.4, -0.2) is 41.7 Å². The Balaban J connectivity index is 0.00000106. The summed E-state index contributed by atoms with van der Waals surface area (Å²) in [6, 6.07) is 0. The van der Waals surface area contributed by atoms with Gasteiger partial charge in [0.05, 0.1) is 24.4 Å². The molecule has 0 aromatic rings. The first-order valence-corrected chi connectivity index (χ1v) is 12.3. The van der Waals surface area contributed by atoms with Crippen LogP contribution in [-0.2, 0) is 4.74 Å². The maximum absolute atomic E-state index is 9.85. The number of rotatable bonds is 4. The third kappa shape index (κ3) is 9.64. The van der Waals surface area contributed by atoms with Crippen molar-refractivity contribution in [3.63, 3.8) is 0 Å². The zero-order chi connectivity index (χ0) is 22.6. The van der Waals surface area contributed by atoms with Gasteiger partial charge in [0.2, 0.25) is 0 Å². The van der Waals surface area contributed by atoms with Crippen LogP contribution in [0.4, 0.5) is 0 Å². The van der Waals surface area contributed by atoms with Crippen molar-refractivity contribution in [2.45, 2.75) is 123 Å². The average Bonchev–Trinajstić information content (AvgIpc) is 2.75. The summed E-state index contributed by atoms with van der Waals surface area (Å²) >= 11 is 0. The van der Waals surface area contributed by atoms with Gasteiger partial charge in [-0.3, -0.25) is 0 Å². The standard InChI is InChI=1S/C23H38O3.C2H6.CH5N/c1-22(2,25)17-26-21-10-13-23(14-11-21)12-4-6-19(16-23)9-8-18-5-3-7-20(24)15-18;2*1-2/h8-9,20-21,24-25H,3-7,10-17H2,1-2H3;1-2H3;2H2,1H3/b18-8-,19-9+;;. The summed E-state index contributed by atoms with van der Waals surface area (Å²) in [5, 5.41) is 19.7. The average molecular weight is 424 g/mol. The highest BCUT2D eigenvalue weighted by Crippen LogP contribution is 2.49. The van der Waals surface area contributed by atoms with Gasteiger partial charge in [0.15, 0.2) is 0 Å². The van der Waals surface area contributed by atoms with Gasteiger partial charge < -0.3 is 20.7 Å². The highest BCUT2D eigenvalue weighted by Gasteiger charge is 2.38. The summed E-state index contributed by atoms with van der Waals surface area (Å²) in [5.41, 5.74) is 7.30. The number of hydrogen-bond acceptors (Lipinski definition) is 4. The number of nitrogens with two attached hydrogens (primary N) is 1. The minimum atomic E-state index is -0.726. The van der Waals surface area contributed by atoms with Gasteiger partial charge in [-0.1, -0.05) is 37.1 Å². The molecule has 0 bridgehead atoms. The zero-order valence-corrected chi connectivity index (χ0v) is 20.4. The summed E-state index contributed by atoms with van der Waals surface area (Å²) in [4.78, 5) is 0. The Labute approximate surface area is 186 Å². The molecule has 3 aliphatic rings. The third-order valence-electron chi connectivity index (χ3n) is 6.56. The molecule has 0 aromatic heterocycles. The molecule has 0 aliphatic heterocycles. The first-order valence-electron chi connectivity index (χ1n) is 12.3. The number of allylic oxidation sites excluding steroid dienone is 3. The van der Waals surface area contributed by atoms with Gasteiger partial charge in [-0.2, -0.15) is 0 Å². The van der Waals surface area contributed by atoms with E-state index in [1.54, 1.807) is 5.57 Å². The van der Waals surface area contributed by atoms with Gasteiger partial charge in [0, 0.05) is 0 Å². The molecule has 0 heterocycles. The molecule has 0 radical (unpaired) electrons. The highest BCUT2D eigenvalue weighted by molar-refractivity contribution is 5.22. The Morgan fingerprint density at radius 1 is 1.00 bits per heavy atom. The first kappa shape index (κ1) is 27.4. The normalized spacial score (nSPS) is 32.3. The van der Waals surface area contributed by atoms with Crippen molar-refractivity contribution in [2.24, 2.45) is 11.1 Å². The fourth-order valence-corrected chi connectivity index (χ4v) is 5.07. The van der Waals surface area contributed by atoms with Crippen molar-refractivity contribution in [1.82, 2.24) is 0 Å². The van der Waals surface area contributed by atoms with Crippen molar-refractivity contribution in [1.29, 1.82) is 0 Å². The van der Waals surface area contributed by atoms with Crippen molar-refractivity contribution in [2.75, 3.05) is 13.7 Å². The topological polar surface area (TPSA) is 75.7 Å². The fraction of sp³-hybridized carbons (Fsp3) is 0.846. The van der Waals surface area contributed by atoms with Crippen LogP contribution in [0.15, 0.2) is 23.3 Å². The zero-order valence-electron chi connectivity index (χ0n) is 20.4. The Kier molecular flexibility index (Phi) is 12.5. The minimum Gasteiger partial charge on any atom is -0.393 e. The fourth-order valence-electron chi connectivity index (χ4n) is 5.07. The second kappa shape index (κ2) is 13.7. The largest absolute Gasteiger partial charge is 0.393 e. The van der Waals surface area contributed by atoms with E-state index in [-0.39, 0.29) is 6.10 Å². The molecule has 30 heavy (non-hydrogen) atoms. The van der Waals surface area contributed by atoms with Crippen LogP contribution in [0.5, 0.6) is 0 Å². The maximum atomic E-state index is 9.85. The van der Waals surface area contributed by atoms with Crippen LogP contribution < -0.4 is 5.73 Å². The second-order valence-electron chi connectivity index (χ2n) is 9.75.